The van der Waals surface area contributed by atoms with E-state index in [0.717, 1.165) is 45.6 Å². The highest BCUT2D eigenvalue weighted by atomic mass is 16.5. The van der Waals surface area contributed by atoms with Crippen molar-refractivity contribution >= 4 is 11.9 Å². The second kappa shape index (κ2) is 11.5. The van der Waals surface area contributed by atoms with Gasteiger partial charge in [0, 0.05) is 26.3 Å². The second-order valence-corrected chi connectivity index (χ2v) is 5.07. The fourth-order valence-corrected chi connectivity index (χ4v) is 1.82. The van der Waals surface area contributed by atoms with E-state index in [1.807, 2.05) is 6.92 Å². The van der Waals surface area contributed by atoms with Crippen LogP contribution in [0.25, 0.3) is 0 Å². The average Bonchev–Trinajstić information content (AvgIpc) is 3.01. The van der Waals surface area contributed by atoms with Gasteiger partial charge >= 0.3 is 0 Å². The molecule has 23 heavy (non-hydrogen) atoms. The second-order valence-electron chi connectivity index (χ2n) is 5.07. The quantitative estimate of drug-likeness (QED) is 0.326. The maximum Gasteiger partial charge on any atom is 0.284 e. The highest BCUT2D eigenvalue weighted by Crippen LogP contribution is 2.08. The molecule has 0 bridgehead atoms. The SMILES string of the molecule is CCCCOCCCNC(=NCc1ccc(C(N)=O)o1)NCC. The Morgan fingerprint density at radius 1 is 1.26 bits per heavy atom. The van der Waals surface area contributed by atoms with E-state index in [9.17, 15) is 4.79 Å². The van der Waals surface area contributed by atoms with E-state index in [4.69, 9.17) is 14.9 Å². The lowest BCUT2D eigenvalue weighted by molar-refractivity contribution is 0.0972. The zero-order valence-electron chi connectivity index (χ0n) is 14.1. The van der Waals surface area contributed by atoms with Crippen molar-refractivity contribution in [3.63, 3.8) is 0 Å². The first-order valence-electron chi connectivity index (χ1n) is 8.15. The molecule has 0 aromatic carbocycles. The van der Waals surface area contributed by atoms with Gasteiger partial charge in [0.25, 0.3) is 5.91 Å². The Labute approximate surface area is 137 Å². The molecule has 1 amide bonds. The van der Waals surface area contributed by atoms with Crippen molar-refractivity contribution in [1.29, 1.82) is 0 Å². The van der Waals surface area contributed by atoms with Crippen molar-refractivity contribution < 1.29 is 13.9 Å². The summed E-state index contributed by atoms with van der Waals surface area (Å²) in [4.78, 5) is 15.4. The van der Waals surface area contributed by atoms with Gasteiger partial charge < -0.3 is 25.5 Å². The Kier molecular flexibility index (Phi) is 9.54. The van der Waals surface area contributed by atoms with Crippen molar-refractivity contribution in [1.82, 2.24) is 10.6 Å². The number of unbranched alkanes of at least 4 members (excludes halogenated alkanes) is 1. The van der Waals surface area contributed by atoms with Crippen LogP contribution in [-0.2, 0) is 11.3 Å². The Hall–Kier alpha value is -2.02. The van der Waals surface area contributed by atoms with Crippen LogP contribution >= 0.6 is 0 Å². The molecule has 0 saturated heterocycles. The minimum absolute atomic E-state index is 0.150. The number of nitrogens with two attached hydrogens (primary N) is 1. The van der Waals surface area contributed by atoms with Crippen molar-refractivity contribution in [3.05, 3.63) is 23.7 Å². The zero-order chi connectivity index (χ0) is 16.9. The average molecular weight is 324 g/mol. The smallest absolute Gasteiger partial charge is 0.284 e. The van der Waals surface area contributed by atoms with Crippen molar-refractivity contribution in [2.45, 2.75) is 39.7 Å². The summed E-state index contributed by atoms with van der Waals surface area (Å²) in [6, 6.07) is 3.26. The van der Waals surface area contributed by atoms with Gasteiger partial charge in [0.2, 0.25) is 0 Å². The summed E-state index contributed by atoms with van der Waals surface area (Å²) in [6.07, 6.45) is 3.17. The Bertz CT molecular complexity index is 485. The topological polar surface area (TPSA) is 102 Å². The molecule has 0 radical (unpaired) electrons. The predicted octanol–water partition coefficient (Wildman–Crippen LogP) is 1.64. The summed E-state index contributed by atoms with van der Waals surface area (Å²) in [5.74, 6) is 0.878. The number of carbonyl (C=O) groups excluding carboxylic acids is 1. The van der Waals surface area contributed by atoms with Gasteiger partial charge in [-0.25, -0.2) is 4.99 Å². The number of ether oxygens (including phenoxy) is 1. The van der Waals surface area contributed by atoms with Gasteiger partial charge in [0.1, 0.15) is 12.3 Å². The largest absolute Gasteiger partial charge is 0.454 e. The maximum atomic E-state index is 11.0. The molecule has 1 aromatic rings. The predicted molar refractivity (Wildman–Crippen MR) is 90.4 cm³/mol. The zero-order valence-corrected chi connectivity index (χ0v) is 14.1. The molecule has 0 saturated carbocycles. The third-order valence-corrected chi connectivity index (χ3v) is 3.04. The first-order valence-corrected chi connectivity index (χ1v) is 8.15. The minimum atomic E-state index is -0.576. The van der Waals surface area contributed by atoms with Gasteiger partial charge in [0.15, 0.2) is 11.7 Å². The number of rotatable bonds is 11. The van der Waals surface area contributed by atoms with E-state index in [-0.39, 0.29) is 5.76 Å². The number of nitrogens with one attached hydrogen (secondary N) is 2. The number of guanidine groups is 1. The molecule has 0 aliphatic heterocycles. The highest BCUT2D eigenvalue weighted by Gasteiger charge is 2.06. The minimum Gasteiger partial charge on any atom is -0.454 e. The molecule has 0 spiro atoms. The normalized spacial score (nSPS) is 11.5. The number of primary amides is 1. The number of furan rings is 1. The van der Waals surface area contributed by atoms with Crippen LogP contribution < -0.4 is 16.4 Å². The number of nitrogens with zero attached hydrogens (tertiary/aromatic N) is 1. The van der Waals surface area contributed by atoms with E-state index in [2.05, 4.69) is 22.5 Å². The molecule has 0 atom stereocenters. The summed E-state index contributed by atoms with van der Waals surface area (Å²) in [7, 11) is 0. The lowest BCUT2D eigenvalue weighted by atomic mass is 10.4. The van der Waals surface area contributed by atoms with Gasteiger partial charge in [-0.1, -0.05) is 13.3 Å². The fraction of sp³-hybridized carbons (Fsp3) is 0.625. The van der Waals surface area contributed by atoms with Crippen molar-refractivity contribution in [2.24, 2.45) is 10.7 Å². The Morgan fingerprint density at radius 3 is 2.70 bits per heavy atom. The molecule has 4 N–H and O–H groups in total. The molecule has 7 nitrogen and oxygen atoms in total. The number of aliphatic imine (C=N–C) groups is 1. The number of hydrogen-bond donors (Lipinski definition) is 3. The maximum absolute atomic E-state index is 11.0. The van der Waals surface area contributed by atoms with Crippen LogP contribution in [0.2, 0.25) is 0 Å². The monoisotopic (exact) mass is 324 g/mol. The molecule has 130 valence electrons. The first kappa shape index (κ1) is 19.0. The fourth-order valence-electron chi connectivity index (χ4n) is 1.82. The molecule has 1 aromatic heterocycles. The van der Waals surface area contributed by atoms with Crippen LogP contribution in [-0.4, -0.2) is 38.2 Å². The standard InChI is InChI=1S/C16H28N4O3/c1-3-5-10-22-11-6-9-19-16(18-4-2)20-12-13-7-8-14(23-13)15(17)21/h7-8H,3-6,9-12H2,1-2H3,(H2,17,21)(H2,18,19,20). The Balaban J connectivity index is 2.33. The molecule has 0 aliphatic carbocycles. The van der Waals surface area contributed by atoms with Crippen LogP contribution in [0.3, 0.4) is 0 Å². The van der Waals surface area contributed by atoms with Crippen LogP contribution in [0.15, 0.2) is 21.5 Å². The molecular weight excluding hydrogens is 296 g/mol. The summed E-state index contributed by atoms with van der Waals surface area (Å²) in [5, 5.41) is 6.40. The number of carbonyl (C=O) groups is 1. The van der Waals surface area contributed by atoms with Gasteiger partial charge in [0.05, 0.1) is 0 Å². The Morgan fingerprint density at radius 2 is 2.04 bits per heavy atom. The van der Waals surface area contributed by atoms with Gasteiger partial charge in [-0.2, -0.15) is 0 Å². The molecule has 7 heteroatoms. The van der Waals surface area contributed by atoms with E-state index in [1.54, 1.807) is 12.1 Å². The first-order chi connectivity index (χ1) is 11.2. The molecule has 0 aliphatic rings. The van der Waals surface area contributed by atoms with Gasteiger partial charge in [-0.15, -0.1) is 0 Å². The lowest BCUT2D eigenvalue weighted by Gasteiger charge is -2.11. The van der Waals surface area contributed by atoms with Crippen LogP contribution in [0.4, 0.5) is 0 Å². The van der Waals surface area contributed by atoms with Crippen molar-refractivity contribution in [2.75, 3.05) is 26.3 Å². The molecule has 0 fully saturated rings. The number of hydrogen-bond acceptors (Lipinski definition) is 4. The molecular formula is C16H28N4O3. The van der Waals surface area contributed by atoms with E-state index < -0.39 is 5.91 Å². The van der Waals surface area contributed by atoms with Crippen LogP contribution in [0, 0.1) is 0 Å². The third kappa shape index (κ3) is 8.25. The van der Waals surface area contributed by atoms with Crippen LogP contribution in [0.5, 0.6) is 0 Å². The lowest BCUT2D eigenvalue weighted by Crippen LogP contribution is -2.38. The van der Waals surface area contributed by atoms with Crippen molar-refractivity contribution in [3.8, 4) is 0 Å². The van der Waals surface area contributed by atoms with E-state index >= 15 is 0 Å². The summed E-state index contributed by atoms with van der Waals surface area (Å²) < 4.78 is 10.8. The van der Waals surface area contributed by atoms with Gasteiger partial charge in [-0.3, -0.25) is 4.79 Å². The van der Waals surface area contributed by atoms with Gasteiger partial charge in [-0.05, 0) is 31.9 Å². The molecule has 1 heterocycles. The van der Waals surface area contributed by atoms with E-state index in [1.165, 1.54) is 0 Å². The summed E-state index contributed by atoms with van der Waals surface area (Å²) in [6.45, 7) is 7.61. The summed E-state index contributed by atoms with van der Waals surface area (Å²) in [5.41, 5.74) is 5.15. The molecule has 1 rings (SSSR count). The summed E-state index contributed by atoms with van der Waals surface area (Å²) >= 11 is 0. The van der Waals surface area contributed by atoms with Crippen LogP contribution in [0.1, 0.15) is 49.4 Å². The number of amides is 1. The highest BCUT2D eigenvalue weighted by molar-refractivity contribution is 5.89. The van der Waals surface area contributed by atoms with E-state index in [0.29, 0.717) is 18.3 Å². The molecule has 0 unspecified atom stereocenters. The third-order valence-electron chi connectivity index (χ3n) is 3.04.